The van der Waals surface area contributed by atoms with Gasteiger partial charge in [-0.2, -0.15) is 5.10 Å². The molecule has 0 aliphatic rings. The summed E-state index contributed by atoms with van der Waals surface area (Å²) >= 11 is 0. The largest absolute Gasteiger partial charge is 0.395 e. The first-order valence-electron chi connectivity index (χ1n) is 5.06. The highest BCUT2D eigenvalue weighted by atomic mass is 16.3. The van der Waals surface area contributed by atoms with Crippen molar-refractivity contribution in [2.75, 3.05) is 6.61 Å². The lowest BCUT2D eigenvalue weighted by Crippen LogP contribution is -2.28. The van der Waals surface area contributed by atoms with Gasteiger partial charge in [0, 0.05) is 18.0 Å². The zero-order chi connectivity index (χ0) is 10.7. The van der Waals surface area contributed by atoms with Gasteiger partial charge in [0.15, 0.2) is 0 Å². The van der Waals surface area contributed by atoms with Crippen molar-refractivity contribution < 1.29 is 5.11 Å². The minimum absolute atomic E-state index is 0.127. The molecule has 1 heterocycles. The summed E-state index contributed by atoms with van der Waals surface area (Å²) in [6, 6.07) is 6.30. The number of aliphatic hydroxyl groups is 1. The molecule has 1 aromatic heterocycles. The van der Waals surface area contributed by atoms with Crippen molar-refractivity contribution in [1.29, 1.82) is 0 Å². The zero-order valence-corrected chi connectivity index (χ0v) is 8.70. The Labute approximate surface area is 88.3 Å². The molecule has 4 heteroatoms. The van der Waals surface area contributed by atoms with Gasteiger partial charge in [0.25, 0.3) is 0 Å². The summed E-state index contributed by atoms with van der Waals surface area (Å²) in [5.41, 5.74) is 2.23. The van der Waals surface area contributed by atoms with Crippen LogP contribution < -0.4 is 5.32 Å². The van der Waals surface area contributed by atoms with Gasteiger partial charge in [-0.3, -0.25) is 5.10 Å². The molecule has 80 valence electrons. The Morgan fingerprint density at radius 1 is 1.53 bits per heavy atom. The lowest BCUT2D eigenvalue weighted by molar-refractivity contribution is 0.251. The summed E-state index contributed by atoms with van der Waals surface area (Å²) in [4.78, 5) is 0. The van der Waals surface area contributed by atoms with E-state index in [-0.39, 0.29) is 12.6 Å². The van der Waals surface area contributed by atoms with Crippen molar-refractivity contribution in [2.45, 2.75) is 19.5 Å². The van der Waals surface area contributed by atoms with Gasteiger partial charge in [-0.1, -0.05) is 12.1 Å². The predicted molar refractivity (Wildman–Crippen MR) is 59.5 cm³/mol. The van der Waals surface area contributed by atoms with E-state index in [1.807, 2.05) is 19.2 Å². The van der Waals surface area contributed by atoms with E-state index in [0.717, 1.165) is 17.4 Å². The highest BCUT2D eigenvalue weighted by Gasteiger charge is 2.00. The fraction of sp³-hybridized carbons (Fsp3) is 0.364. The van der Waals surface area contributed by atoms with E-state index in [2.05, 4.69) is 27.6 Å². The van der Waals surface area contributed by atoms with Crippen LogP contribution in [0.25, 0.3) is 10.9 Å². The van der Waals surface area contributed by atoms with Crippen molar-refractivity contribution in [2.24, 2.45) is 0 Å². The molecule has 0 saturated carbocycles. The topological polar surface area (TPSA) is 60.9 Å². The van der Waals surface area contributed by atoms with E-state index in [0.29, 0.717) is 0 Å². The maximum atomic E-state index is 8.87. The van der Waals surface area contributed by atoms with Crippen molar-refractivity contribution in [3.63, 3.8) is 0 Å². The molecule has 0 fully saturated rings. The number of aromatic nitrogens is 2. The SMILES string of the molecule is CC(CO)NCc1ccc2cn[nH]c2c1. The molecule has 1 atom stereocenters. The van der Waals surface area contributed by atoms with Crippen molar-refractivity contribution >= 4 is 10.9 Å². The molecule has 0 saturated heterocycles. The fourth-order valence-corrected chi connectivity index (χ4v) is 1.45. The van der Waals surface area contributed by atoms with Gasteiger partial charge in [0.1, 0.15) is 0 Å². The molecule has 1 aromatic carbocycles. The molecule has 3 N–H and O–H groups in total. The maximum Gasteiger partial charge on any atom is 0.0653 e. The molecule has 0 aliphatic heterocycles. The number of H-pyrrole nitrogens is 1. The van der Waals surface area contributed by atoms with Gasteiger partial charge in [0.2, 0.25) is 0 Å². The average Bonchev–Trinajstić information content (AvgIpc) is 2.72. The molecule has 0 bridgehead atoms. The van der Waals surface area contributed by atoms with Crippen LogP contribution >= 0.6 is 0 Å². The molecule has 2 rings (SSSR count). The first-order valence-corrected chi connectivity index (χ1v) is 5.06. The number of hydrogen-bond donors (Lipinski definition) is 3. The van der Waals surface area contributed by atoms with Crippen LogP contribution in [0.3, 0.4) is 0 Å². The number of benzene rings is 1. The van der Waals surface area contributed by atoms with Gasteiger partial charge in [-0.25, -0.2) is 0 Å². The molecule has 15 heavy (non-hydrogen) atoms. The van der Waals surface area contributed by atoms with E-state index < -0.39 is 0 Å². The summed E-state index contributed by atoms with van der Waals surface area (Å²) in [5, 5.41) is 20.1. The summed E-state index contributed by atoms with van der Waals surface area (Å²) in [5.74, 6) is 0. The van der Waals surface area contributed by atoms with Gasteiger partial charge < -0.3 is 10.4 Å². The highest BCUT2D eigenvalue weighted by Crippen LogP contribution is 2.12. The predicted octanol–water partition coefficient (Wildman–Crippen LogP) is 1.03. The normalized spacial score (nSPS) is 13.2. The van der Waals surface area contributed by atoms with Crippen molar-refractivity contribution in [3.8, 4) is 0 Å². The summed E-state index contributed by atoms with van der Waals surface area (Å²) in [7, 11) is 0. The Morgan fingerprint density at radius 2 is 2.40 bits per heavy atom. The van der Waals surface area contributed by atoms with E-state index in [4.69, 9.17) is 5.11 Å². The zero-order valence-electron chi connectivity index (χ0n) is 8.70. The summed E-state index contributed by atoms with van der Waals surface area (Å²) in [6.45, 7) is 2.87. The monoisotopic (exact) mass is 205 g/mol. The van der Waals surface area contributed by atoms with Crippen LogP contribution in [0.15, 0.2) is 24.4 Å². The van der Waals surface area contributed by atoms with Crippen LogP contribution in [0.1, 0.15) is 12.5 Å². The van der Waals surface area contributed by atoms with E-state index in [1.165, 1.54) is 5.56 Å². The smallest absolute Gasteiger partial charge is 0.0653 e. The molecule has 0 aliphatic carbocycles. The minimum Gasteiger partial charge on any atom is -0.395 e. The van der Waals surface area contributed by atoms with E-state index in [1.54, 1.807) is 0 Å². The Morgan fingerprint density at radius 3 is 3.20 bits per heavy atom. The molecule has 0 amide bonds. The number of fused-ring (bicyclic) bond motifs is 1. The van der Waals surface area contributed by atoms with Crippen molar-refractivity contribution in [1.82, 2.24) is 15.5 Å². The van der Waals surface area contributed by atoms with Crippen LogP contribution in [0.2, 0.25) is 0 Å². The highest BCUT2D eigenvalue weighted by molar-refractivity contribution is 5.78. The van der Waals surface area contributed by atoms with Crippen LogP contribution in [0, 0.1) is 0 Å². The number of rotatable bonds is 4. The summed E-state index contributed by atoms with van der Waals surface area (Å²) in [6.07, 6.45) is 1.81. The standard InChI is InChI=1S/C11H15N3O/c1-8(7-15)12-5-9-2-3-10-6-13-14-11(10)4-9/h2-4,6,8,12,15H,5,7H2,1H3,(H,13,14). The second kappa shape index (κ2) is 4.42. The third-order valence-corrected chi connectivity index (χ3v) is 2.43. The number of aliphatic hydroxyl groups excluding tert-OH is 1. The van der Waals surface area contributed by atoms with E-state index in [9.17, 15) is 0 Å². The second-order valence-corrected chi connectivity index (χ2v) is 3.76. The van der Waals surface area contributed by atoms with Crippen LogP contribution in [-0.2, 0) is 6.54 Å². The number of nitrogens with one attached hydrogen (secondary N) is 2. The number of hydrogen-bond acceptors (Lipinski definition) is 3. The van der Waals surface area contributed by atoms with Gasteiger partial charge in [-0.05, 0) is 18.6 Å². The van der Waals surface area contributed by atoms with Crippen LogP contribution in [0.5, 0.6) is 0 Å². The summed E-state index contributed by atoms with van der Waals surface area (Å²) < 4.78 is 0. The second-order valence-electron chi connectivity index (χ2n) is 3.76. The lowest BCUT2D eigenvalue weighted by atomic mass is 10.1. The maximum absolute atomic E-state index is 8.87. The number of aromatic amines is 1. The lowest BCUT2D eigenvalue weighted by Gasteiger charge is -2.10. The number of nitrogens with zero attached hydrogens (tertiary/aromatic N) is 1. The third-order valence-electron chi connectivity index (χ3n) is 2.43. The molecule has 0 spiro atoms. The molecule has 2 aromatic rings. The van der Waals surface area contributed by atoms with Crippen LogP contribution in [-0.4, -0.2) is 28.0 Å². The molecule has 0 radical (unpaired) electrons. The third kappa shape index (κ3) is 2.34. The Bertz CT molecular complexity index is 438. The van der Waals surface area contributed by atoms with E-state index >= 15 is 0 Å². The van der Waals surface area contributed by atoms with Gasteiger partial charge >= 0.3 is 0 Å². The Hall–Kier alpha value is -1.39. The Balaban J connectivity index is 2.08. The minimum atomic E-state index is 0.127. The fourth-order valence-electron chi connectivity index (χ4n) is 1.45. The first-order chi connectivity index (χ1) is 7.29. The first kappa shape index (κ1) is 10.1. The van der Waals surface area contributed by atoms with Crippen molar-refractivity contribution in [3.05, 3.63) is 30.0 Å². The quantitative estimate of drug-likeness (QED) is 0.698. The molecular formula is C11H15N3O. The van der Waals surface area contributed by atoms with Gasteiger partial charge in [-0.15, -0.1) is 0 Å². The molecular weight excluding hydrogens is 190 g/mol. The molecule has 1 unspecified atom stereocenters. The average molecular weight is 205 g/mol. The molecule has 4 nitrogen and oxygen atoms in total. The van der Waals surface area contributed by atoms with Crippen LogP contribution in [0.4, 0.5) is 0 Å². The Kier molecular flexibility index (Phi) is 2.99. The van der Waals surface area contributed by atoms with Gasteiger partial charge in [0.05, 0.1) is 18.3 Å².